The fourth-order valence-electron chi connectivity index (χ4n) is 3.63. The molecule has 0 atom stereocenters. The van der Waals surface area contributed by atoms with Crippen LogP contribution in [0, 0.1) is 10.8 Å². The highest BCUT2D eigenvalue weighted by Gasteiger charge is 2.18. The number of hydrogen-bond donors (Lipinski definition) is 2. The van der Waals surface area contributed by atoms with Gasteiger partial charge in [0.2, 0.25) is 20.0 Å². The normalized spacial score (nSPS) is 13.7. The van der Waals surface area contributed by atoms with Crippen LogP contribution in [0.25, 0.3) is 0 Å². The summed E-state index contributed by atoms with van der Waals surface area (Å²) < 4.78 is 49.7. The molecule has 0 fully saturated rings. The predicted octanol–water partition coefficient (Wildman–Crippen LogP) is 3.92. The van der Waals surface area contributed by atoms with Crippen molar-refractivity contribution in [1.82, 2.24) is 0 Å². The fourth-order valence-corrected chi connectivity index (χ4v) is 4.78. The van der Waals surface area contributed by atoms with Crippen molar-refractivity contribution in [3.05, 3.63) is 0 Å². The van der Waals surface area contributed by atoms with Gasteiger partial charge in [0.15, 0.2) is 0 Å². The van der Waals surface area contributed by atoms with Gasteiger partial charge in [-0.2, -0.15) is 0 Å². The minimum Gasteiger partial charge on any atom is -0.381 e. The molecule has 0 aliphatic heterocycles. The van der Waals surface area contributed by atoms with Gasteiger partial charge in [-0.05, 0) is 62.2 Å². The van der Waals surface area contributed by atoms with Crippen LogP contribution in [-0.2, 0) is 24.8 Å². The van der Waals surface area contributed by atoms with E-state index in [9.17, 15) is 16.8 Å². The van der Waals surface area contributed by atoms with Gasteiger partial charge < -0.3 is 4.74 Å². The first kappa shape index (κ1) is 29.8. The summed E-state index contributed by atoms with van der Waals surface area (Å²) in [6.07, 6.45) is 10.4. The van der Waals surface area contributed by atoms with Crippen molar-refractivity contribution in [2.75, 3.05) is 24.7 Å². The lowest BCUT2D eigenvalue weighted by molar-refractivity contribution is 0.119. The zero-order valence-corrected chi connectivity index (χ0v) is 21.3. The molecule has 0 saturated carbocycles. The third-order valence-corrected chi connectivity index (χ3v) is 7.31. The van der Waals surface area contributed by atoms with Gasteiger partial charge in [-0.3, -0.25) is 0 Å². The summed E-state index contributed by atoms with van der Waals surface area (Å²) in [6, 6.07) is 0. The van der Waals surface area contributed by atoms with E-state index in [-0.39, 0.29) is 22.3 Å². The van der Waals surface area contributed by atoms with Crippen LogP contribution >= 0.6 is 0 Å². The molecule has 0 aliphatic carbocycles. The molecule has 0 rings (SSSR count). The summed E-state index contributed by atoms with van der Waals surface area (Å²) in [4.78, 5) is 0. The fraction of sp³-hybridized carbons (Fsp3) is 1.00. The summed E-state index contributed by atoms with van der Waals surface area (Å²) in [5.74, 6) is 0.135. The van der Waals surface area contributed by atoms with E-state index >= 15 is 0 Å². The SMILES string of the molecule is CC(C)(CCCCOCCCCC(C)(C)CCCS(N)(=O)=O)CCCCS(N)(=O)=O. The molecule has 0 amide bonds. The van der Waals surface area contributed by atoms with E-state index in [2.05, 4.69) is 27.7 Å². The molecule has 0 heterocycles. The minimum atomic E-state index is -3.35. The Morgan fingerprint density at radius 1 is 0.567 bits per heavy atom. The maximum atomic E-state index is 11.0. The van der Waals surface area contributed by atoms with Crippen LogP contribution in [0.2, 0.25) is 0 Å². The van der Waals surface area contributed by atoms with Gasteiger partial charge in [-0.25, -0.2) is 27.1 Å². The van der Waals surface area contributed by atoms with E-state index in [1.807, 2.05) is 0 Å². The second-order valence-electron chi connectivity index (χ2n) is 10.1. The van der Waals surface area contributed by atoms with E-state index in [1.165, 1.54) is 0 Å². The molecule has 0 spiro atoms. The van der Waals surface area contributed by atoms with E-state index in [0.29, 0.717) is 12.8 Å². The third-order valence-electron chi connectivity index (χ3n) is 5.60. The third kappa shape index (κ3) is 21.0. The summed E-state index contributed by atoms with van der Waals surface area (Å²) in [6.45, 7) is 10.4. The van der Waals surface area contributed by atoms with Crippen LogP contribution in [-0.4, -0.2) is 41.6 Å². The summed E-state index contributed by atoms with van der Waals surface area (Å²) in [5, 5.41) is 10.1. The molecule has 9 heteroatoms. The van der Waals surface area contributed by atoms with Gasteiger partial charge in [-0.15, -0.1) is 0 Å². The minimum absolute atomic E-state index is 0.0615. The highest BCUT2D eigenvalue weighted by molar-refractivity contribution is 7.89. The maximum absolute atomic E-state index is 11.0. The molecule has 0 aromatic rings. The van der Waals surface area contributed by atoms with Crippen molar-refractivity contribution in [3.8, 4) is 0 Å². The lowest BCUT2D eigenvalue weighted by Crippen LogP contribution is -2.19. The van der Waals surface area contributed by atoms with E-state index < -0.39 is 20.0 Å². The molecule has 0 bridgehead atoms. The summed E-state index contributed by atoms with van der Waals surface area (Å²) >= 11 is 0. The lowest BCUT2D eigenvalue weighted by Gasteiger charge is -2.24. The molecule has 0 aliphatic rings. The number of primary sulfonamides is 2. The molecule has 0 aromatic heterocycles. The summed E-state index contributed by atoms with van der Waals surface area (Å²) in [7, 11) is -6.69. The lowest BCUT2D eigenvalue weighted by atomic mass is 9.82. The Morgan fingerprint density at radius 2 is 0.900 bits per heavy atom. The average Bonchev–Trinajstić information content (AvgIpc) is 2.55. The van der Waals surface area contributed by atoms with Crippen molar-refractivity contribution in [2.24, 2.45) is 21.1 Å². The monoisotopic (exact) mass is 470 g/mol. The molecule has 30 heavy (non-hydrogen) atoms. The highest BCUT2D eigenvalue weighted by atomic mass is 32.2. The number of sulfonamides is 2. The van der Waals surface area contributed by atoms with Crippen molar-refractivity contribution in [2.45, 2.75) is 98.3 Å². The van der Waals surface area contributed by atoms with Crippen LogP contribution in [0.15, 0.2) is 0 Å². The molecular formula is C21H46N2O5S2. The maximum Gasteiger partial charge on any atom is 0.209 e. The van der Waals surface area contributed by atoms with Crippen LogP contribution in [0.4, 0.5) is 0 Å². The zero-order chi connectivity index (χ0) is 23.3. The first-order chi connectivity index (χ1) is 13.6. The van der Waals surface area contributed by atoms with Crippen molar-refractivity contribution >= 4 is 20.0 Å². The van der Waals surface area contributed by atoms with Gasteiger partial charge in [-0.1, -0.05) is 47.0 Å². The van der Waals surface area contributed by atoms with Crippen LogP contribution in [0.5, 0.6) is 0 Å². The molecule has 0 radical (unpaired) electrons. The molecule has 0 saturated heterocycles. The van der Waals surface area contributed by atoms with Crippen LogP contribution < -0.4 is 10.3 Å². The van der Waals surface area contributed by atoms with Gasteiger partial charge in [0, 0.05) is 13.2 Å². The highest BCUT2D eigenvalue weighted by Crippen LogP contribution is 2.30. The standard InChI is InChI=1S/C21H46N2O5S2/c1-20(2,14-7-10-18-29(22,24)25)12-5-8-16-28-17-9-6-13-21(3,4)15-11-19-30(23,26)27/h5-19H2,1-4H3,(H2,22,24,25)(H2,23,26,27). The average molecular weight is 471 g/mol. The first-order valence-electron chi connectivity index (χ1n) is 11.2. The Bertz CT molecular complexity index is 659. The zero-order valence-electron chi connectivity index (χ0n) is 19.6. The van der Waals surface area contributed by atoms with Crippen molar-refractivity contribution in [1.29, 1.82) is 0 Å². The molecule has 182 valence electrons. The molecule has 7 nitrogen and oxygen atoms in total. The number of unbranched alkanes of at least 4 members (excludes halogenated alkanes) is 3. The van der Waals surface area contributed by atoms with Crippen molar-refractivity contribution in [3.63, 3.8) is 0 Å². The van der Waals surface area contributed by atoms with Gasteiger partial charge in [0.1, 0.15) is 0 Å². The van der Waals surface area contributed by atoms with Gasteiger partial charge >= 0.3 is 0 Å². The Balaban J connectivity index is 3.66. The Kier molecular flexibility index (Phi) is 13.9. The number of rotatable bonds is 19. The quantitative estimate of drug-likeness (QED) is 0.276. The van der Waals surface area contributed by atoms with E-state index in [4.69, 9.17) is 15.0 Å². The number of nitrogens with two attached hydrogens (primary N) is 2. The van der Waals surface area contributed by atoms with Gasteiger partial charge in [0.05, 0.1) is 11.5 Å². The molecular weight excluding hydrogens is 424 g/mol. The van der Waals surface area contributed by atoms with E-state index in [0.717, 1.165) is 71.0 Å². The van der Waals surface area contributed by atoms with E-state index in [1.54, 1.807) is 0 Å². The molecule has 0 unspecified atom stereocenters. The summed E-state index contributed by atoms with van der Waals surface area (Å²) in [5.41, 5.74) is 0.345. The Morgan fingerprint density at radius 3 is 1.30 bits per heavy atom. The largest absolute Gasteiger partial charge is 0.381 e. The number of hydrogen-bond acceptors (Lipinski definition) is 5. The number of ether oxygens (including phenoxy) is 1. The molecule has 4 N–H and O–H groups in total. The predicted molar refractivity (Wildman–Crippen MR) is 125 cm³/mol. The smallest absolute Gasteiger partial charge is 0.209 e. The van der Waals surface area contributed by atoms with Crippen molar-refractivity contribution < 1.29 is 21.6 Å². The molecule has 0 aromatic carbocycles. The Hall–Kier alpha value is -0.220. The first-order valence-corrected chi connectivity index (χ1v) is 14.6. The van der Waals surface area contributed by atoms with Crippen LogP contribution in [0.1, 0.15) is 98.3 Å². The second kappa shape index (κ2) is 14.0. The second-order valence-corrected chi connectivity index (χ2v) is 13.6. The Labute approximate surface area is 185 Å². The van der Waals surface area contributed by atoms with Gasteiger partial charge in [0.25, 0.3) is 0 Å². The van der Waals surface area contributed by atoms with Crippen LogP contribution in [0.3, 0.4) is 0 Å². The topological polar surface area (TPSA) is 130 Å².